The lowest BCUT2D eigenvalue weighted by Gasteiger charge is -2.31. The summed E-state index contributed by atoms with van der Waals surface area (Å²) in [6.07, 6.45) is 7.67. The van der Waals surface area contributed by atoms with Gasteiger partial charge in [-0.25, -0.2) is 19.7 Å². The molecule has 10 heteroatoms. The molecule has 2 fully saturated rings. The molecule has 6 rings (SSSR count). The smallest absolute Gasteiger partial charge is 0.407 e. The van der Waals surface area contributed by atoms with Gasteiger partial charge in [-0.05, 0) is 62.4 Å². The molecule has 3 atom stereocenters. The van der Waals surface area contributed by atoms with Gasteiger partial charge in [0.15, 0.2) is 0 Å². The van der Waals surface area contributed by atoms with Crippen molar-refractivity contribution >= 4 is 28.5 Å². The third-order valence-electron chi connectivity index (χ3n) is 8.21. The Kier molecular flexibility index (Phi) is 8.05. The van der Waals surface area contributed by atoms with Gasteiger partial charge in [0.1, 0.15) is 5.75 Å². The number of aryl methyl sites for hydroxylation is 1. The Morgan fingerprint density at radius 3 is 2.69 bits per heavy atom. The summed E-state index contributed by atoms with van der Waals surface area (Å²) < 4.78 is 6.56. The van der Waals surface area contributed by atoms with E-state index in [2.05, 4.69) is 26.7 Å². The highest BCUT2D eigenvalue weighted by atomic mass is 16.5. The van der Waals surface area contributed by atoms with E-state index in [1.165, 1.54) is 4.90 Å². The number of piperidine rings is 1. The molecule has 2 aromatic carbocycles. The first-order chi connectivity index (χ1) is 20.5. The number of nitrogens with one attached hydrogen (secondary N) is 2. The Morgan fingerprint density at radius 2 is 1.83 bits per heavy atom. The van der Waals surface area contributed by atoms with Gasteiger partial charge in [0.25, 0.3) is 0 Å². The number of aromatic nitrogens is 3. The minimum Gasteiger partial charge on any atom is -0.465 e. The number of fused-ring (bicyclic) bond motifs is 1. The summed E-state index contributed by atoms with van der Waals surface area (Å²) in [6, 6.07) is 15.8. The number of pyridine rings is 1. The monoisotopic (exact) mass is 568 g/mol. The summed E-state index contributed by atoms with van der Waals surface area (Å²) in [5.74, 6) is 1.57. The van der Waals surface area contributed by atoms with Crippen molar-refractivity contribution in [2.45, 2.75) is 63.6 Å². The van der Waals surface area contributed by atoms with Crippen LogP contribution in [-0.2, 0) is 0 Å². The lowest BCUT2D eigenvalue weighted by molar-refractivity contribution is 0.116. The van der Waals surface area contributed by atoms with Crippen LogP contribution in [0.2, 0.25) is 0 Å². The number of hydrogen-bond acceptors (Lipinski definition) is 8. The maximum atomic E-state index is 11.4. The number of hydrogen-bond donors (Lipinski definition) is 4. The third-order valence-corrected chi connectivity index (χ3v) is 8.21. The van der Waals surface area contributed by atoms with E-state index in [-0.39, 0.29) is 18.2 Å². The predicted octanol–water partition coefficient (Wildman–Crippen LogP) is 6.06. The number of ether oxygens (including phenoxy) is 1. The lowest BCUT2D eigenvalue weighted by atomic mass is 9.92. The molecule has 1 saturated carbocycles. The highest BCUT2D eigenvalue weighted by Gasteiger charge is 2.25. The number of aliphatic hydroxyl groups is 1. The molecule has 42 heavy (non-hydrogen) atoms. The molecule has 3 heterocycles. The standard InChI is InChI=1S/C32H36N6O4/c1-20-13-14-22-23(8-4-11-25(22)36-27-10-2-3-12-28(27)39)29(20)42-30-24(9-5-16-33-30)26-15-17-34-31(37-26)35-21-7-6-18-38(19-21)32(40)41/h4-5,8-9,11,13-17,21,27-28,36,39H,2-3,6-7,10,12,18-19H2,1H3,(H,40,41)(H,34,35,37)/t21-,27?,28?/m0/s1. The van der Waals surface area contributed by atoms with Crippen molar-refractivity contribution in [3.63, 3.8) is 0 Å². The van der Waals surface area contributed by atoms with Crippen LogP contribution in [0.4, 0.5) is 16.4 Å². The van der Waals surface area contributed by atoms with E-state index in [1.807, 2.05) is 49.4 Å². The van der Waals surface area contributed by atoms with Gasteiger partial charge in [0.2, 0.25) is 11.8 Å². The Morgan fingerprint density at radius 1 is 0.952 bits per heavy atom. The molecule has 4 N–H and O–H groups in total. The van der Waals surface area contributed by atoms with Crippen molar-refractivity contribution in [3.05, 3.63) is 66.5 Å². The van der Waals surface area contributed by atoms with Crippen LogP contribution < -0.4 is 15.4 Å². The Hall–Kier alpha value is -4.44. The molecule has 10 nitrogen and oxygen atoms in total. The first-order valence-electron chi connectivity index (χ1n) is 14.6. The van der Waals surface area contributed by atoms with Crippen LogP contribution in [0.25, 0.3) is 22.0 Å². The number of anilines is 2. The second-order valence-electron chi connectivity index (χ2n) is 11.2. The summed E-state index contributed by atoms with van der Waals surface area (Å²) >= 11 is 0. The van der Waals surface area contributed by atoms with Gasteiger partial charge >= 0.3 is 6.09 Å². The molecule has 4 aromatic rings. The number of benzene rings is 2. The topological polar surface area (TPSA) is 133 Å². The number of amides is 1. The highest BCUT2D eigenvalue weighted by Crippen LogP contribution is 2.39. The van der Waals surface area contributed by atoms with Gasteiger partial charge in [0, 0.05) is 48.0 Å². The number of carbonyl (C=O) groups is 1. The fraction of sp³-hybridized carbons (Fsp3) is 0.375. The molecule has 2 aliphatic rings. The first-order valence-corrected chi connectivity index (χ1v) is 14.6. The summed E-state index contributed by atoms with van der Waals surface area (Å²) in [7, 11) is 0. The van der Waals surface area contributed by atoms with Crippen molar-refractivity contribution in [1.29, 1.82) is 0 Å². The molecule has 1 aliphatic carbocycles. The molecule has 1 amide bonds. The molecular formula is C32H36N6O4. The number of likely N-dealkylation sites (tertiary alicyclic amines) is 1. The predicted molar refractivity (Wildman–Crippen MR) is 162 cm³/mol. The zero-order valence-corrected chi connectivity index (χ0v) is 23.7. The van der Waals surface area contributed by atoms with Gasteiger partial charge in [-0.2, -0.15) is 0 Å². The van der Waals surface area contributed by atoms with E-state index in [9.17, 15) is 15.0 Å². The van der Waals surface area contributed by atoms with E-state index in [0.717, 1.165) is 66.1 Å². The zero-order valence-electron chi connectivity index (χ0n) is 23.7. The van der Waals surface area contributed by atoms with Crippen LogP contribution in [0.5, 0.6) is 11.6 Å². The fourth-order valence-electron chi connectivity index (χ4n) is 5.97. The van der Waals surface area contributed by atoms with Crippen LogP contribution in [0.1, 0.15) is 44.1 Å². The van der Waals surface area contributed by atoms with Crippen molar-refractivity contribution in [3.8, 4) is 22.9 Å². The normalized spacial score (nSPS) is 20.7. The Labute approximate surface area is 244 Å². The number of rotatable bonds is 7. The minimum atomic E-state index is -0.911. The minimum absolute atomic E-state index is 0.0267. The molecule has 218 valence electrons. The van der Waals surface area contributed by atoms with Gasteiger partial charge in [-0.15, -0.1) is 0 Å². The molecule has 0 radical (unpaired) electrons. The molecule has 2 aromatic heterocycles. The van der Waals surface area contributed by atoms with Crippen LogP contribution in [0.15, 0.2) is 60.9 Å². The van der Waals surface area contributed by atoms with E-state index in [1.54, 1.807) is 12.4 Å². The second kappa shape index (κ2) is 12.2. The number of carboxylic acid groups (broad SMARTS) is 1. The van der Waals surface area contributed by atoms with Crippen molar-refractivity contribution in [2.75, 3.05) is 23.7 Å². The number of nitrogens with zero attached hydrogens (tertiary/aromatic N) is 4. The maximum absolute atomic E-state index is 11.4. The Bertz CT molecular complexity index is 1580. The van der Waals surface area contributed by atoms with E-state index < -0.39 is 6.09 Å². The summed E-state index contributed by atoms with van der Waals surface area (Å²) in [5, 5.41) is 28.8. The second-order valence-corrected chi connectivity index (χ2v) is 11.2. The molecule has 1 aliphatic heterocycles. The fourth-order valence-corrected chi connectivity index (χ4v) is 5.97. The van der Waals surface area contributed by atoms with Crippen molar-refractivity contribution in [1.82, 2.24) is 19.9 Å². The van der Waals surface area contributed by atoms with Crippen molar-refractivity contribution in [2.24, 2.45) is 0 Å². The molecule has 1 saturated heterocycles. The quantitative estimate of drug-likeness (QED) is 0.210. The van der Waals surface area contributed by atoms with Crippen LogP contribution >= 0.6 is 0 Å². The lowest BCUT2D eigenvalue weighted by Crippen LogP contribution is -2.44. The third kappa shape index (κ3) is 5.94. The largest absolute Gasteiger partial charge is 0.465 e. The van der Waals surface area contributed by atoms with Gasteiger partial charge in [-0.1, -0.05) is 37.1 Å². The van der Waals surface area contributed by atoms with E-state index in [4.69, 9.17) is 9.72 Å². The summed E-state index contributed by atoms with van der Waals surface area (Å²) in [6.45, 7) is 2.94. The van der Waals surface area contributed by atoms with Gasteiger partial charge < -0.3 is 30.5 Å². The maximum Gasteiger partial charge on any atom is 0.407 e. The molecular weight excluding hydrogens is 532 g/mol. The van der Waals surface area contributed by atoms with Crippen LogP contribution in [0, 0.1) is 6.92 Å². The zero-order chi connectivity index (χ0) is 29.1. The molecule has 2 unspecified atom stereocenters. The van der Waals surface area contributed by atoms with Crippen LogP contribution in [0.3, 0.4) is 0 Å². The first kappa shape index (κ1) is 27.7. The summed E-state index contributed by atoms with van der Waals surface area (Å²) in [4.78, 5) is 26.6. The molecule has 0 spiro atoms. The highest BCUT2D eigenvalue weighted by molar-refractivity contribution is 5.98. The Balaban J connectivity index is 1.28. The summed E-state index contributed by atoms with van der Waals surface area (Å²) in [5.41, 5.74) is 3.31. The van der Waals surface area contributed by atoms with Gasteiger partial charge in [0.05, 0.1) is 23.4 Å². The van der Waals surface area contributed by atoms with E-state index in [0.29, 0.717) is 36.4 Å². The SMILES string of the molecule is Cc1ccc2c(NC3CCCCC3O)cccc2c1Oc1ncccc1-c1ccnc(N[C@H]2CCCN(C(=O)O)C2)n1. The van der Waals surface area contributed by atoms with Crippen LogP contribution in [-0.4, -0.2) is 67.4 Å². The average Bonchev–Trinajstić information content (AvgIpc) is 3.00. The molecule has 0 bridgehead atoms. The van der Waals surface area contributed by atoms with Crippen molar-refractivity contribution < 1.29 is 19.7 Å². The average molecular weight is 569 g/mol. The van der Waals surface area contributed by atoms with Gasteiger partial charge in [-0.3, -0.25) is 0 Å². The van der Waals surface area contributed by atoms with E-state index >= 15 is 0 Å². The number of aliphatic hydroxyl groups excluding tert-OH is 1.